The van der Waals surface area contributed by atoms with Crippen molar-refractivity contribution in [2.45, 2.75) is 6.92 Å². The Morgan fingerprint density at radius 3 is 2.50 bits per heavy atom. The molecule has 0 saturated heterocycles. The van der Waals surface area contributed by atoms with Gasteiger partial charge >= 0.3 is 0 Å². The molecule has 118 valence electrons. The number of hydrogen-bond acceptors (Lipinski definition) is 2. The molecule has 0 unspecified atom stereocenters. The third-order valence-corrected chi connectivity index (χ3v) is 4.30. The molecule has 0 N–H and O–H groups in total. The molecular weight excluding hydrogens is 322 g/mol. The average molecular weight is 336 g/mol. The van der Waals surface area contributed by atoms with Crippen LogP contribution in [0.4, 0.5) is 0 Å². The van der Waals surface area contributed by atoms with E-state index in [-0.39, 0.29) is 5.56 Å². The van der Waals surface area contributed by atoms with Gasteiger partial charge in [0.15, 0.2) is 0 Å². The molecule has 0 aliphatic rings. The van der Waals surface area contributed by atoms with Crippen LogP contribution in [0.25, 0.3) is 22.6 Å². The SMILES string of the molecule is Cc1ccccc1-c1cn2ccn(-c3ccc(Cl)cc3)c(=O)c2n1. The number of hydrogen-bond donors (Lipinski definition) is 0. The van der Waals surface area contributed by atoms with Gasteiger partial charge in [-0.3, -0.25) is 9.36 Å². The first kappa shape index (κ1) is 14.7. The molecule has 4 aromatic rings. The van der Waals surface area contributed by atoms with Crippen LogP contribution in [0.1, 0.15) is 5.56 Å². The van der Waals surface area contributed by atoms with Crippen LogP contribution in [0, 0.1) is 6.92 Å². The Bertz CT molecular complexity index is 1090. The van der Waals surface area contributed by atoms with E-state index < -0.39 is 0 Å². The van der Waals surface area contributed by atoms with Crippen molar-refractivity contribution < 1.29 is 0 Å². The summed E-state index contributed by atoms with van der Waals surface area (Å²) in [6.45, 7) is 2.03. The minimum absolute atomic E-state index is 0.167. The molecule has 2 aromatic heterocycles. The lowest BCUT2D eigenvalue weighted by Gasteiger charge is -2.05. The molecule has 0 bridgehead atoms. The fraction of sp³-hybridized carbons (Fsp3) is 0.0526. The first-order chi connectivity index (χ1) is 11.6. The van der Waals surface area contributed by atoms with Crippen molar-refractivity contribution in [1.82, 2.24) is 14.0 Å². The maximum Gasteiger partial charge on any atom is 0.298 e. The van der Waals surface area contributed by atoms with Gasteiger partial charge in [-0.1, -0.05) is 35.9 Å². The molecule has 5 heteroatoms. The molecule has 2 aromatic carbocycles. The van der Waals surface area contributed by atoms with E-state index in [1.807, 2.05) is 55.7 Å². The van der Waals surface area contributed by atoms with E-state index in [4.69, 9.17) is 11.6 Å². The molecule has 0 aliphatic heterocycles. The van der Waals surface area contributed by atoms with E-state index in [9.17, 15) is 4.79 Å². The highest BCUT2D eigenvalue weighted by Crippen LogP contribution is 2.22. The van der Waals surface area contributed by atoms with Gasteiger partial charge in [-0.15, -0.1) is 0 Å². The number of nitrogens with zero attached hydrogens (tertiary/aromatic N) is 3. The maximum atomic E-state index is 12.8. The van der Waals surface area contributed by atoms with Gasteiger partial charge in [-0.05, 0) is 36.8 Å². The number of rotatable bonds is 2. The summed E-state index contributed by atoms with van der Waals surface area (Å²) < 4.78 is 3.33. The molecule has 0 radical (unpaired) electrons. The Kier molecular flexibility index (Phi) is 3.47. The summed E-state index contributed by atoms with van der Waals surface area (Å²) >= 11 is 5.92. The van der Waals surface area contributed by atoms with E-state index >= 15 is 0 Å². The predicted molar refractivity (Wildman–Crippen MR) is 96.0 cm³/mol. The quantitative estimate of drug-likeness (QED) is 0.553. The van der Waals surface area contributed by atoms with E-state index in [1.165, 1.54) is 0 Å². The third kappa shape index (κ3) is 2.41. The van der Waals surface area contributed by atoms with Crippen molar-refractivity contribution in [2.24, 2.45) is 0 Å². The number of fused-ring (bicyclic) bond motifs is 1. The highest BCUT2D eigenvalue weighted by Gasteiger charge is 2.11. The zero-order valence-electron chi connectivity index (χ0n) is 13.0. The maximum absolute atomic E-state index is 12.8. The van der Waals surface area contributed by atoms with Crippen LogP contribution in [0.15, 0.2) is 71.9 Å². The normalized spacial score (nSPS) is 11.1. The summed E-state index contributed by atoms with van der Waals surface area (Å²) in [5, 5.41) is 0.635. The van der Waals surface area contributed by atoms with Crippen LogP contribution in [-0.2, 0) is 0 Å². The second-order valence-electron chi connectivity index (χ2n) is 5.62. The van der Waals surface area contributed by atoms with Crippen LogP contribution in [-0.4, -0.2) is 14.0 Å². The molecule has 24 heavy (non-hydrogen) atoms. The monoisotopic (exact) mass is 335 g/mol. The molecule has 0 spiro atoms. The molecule has 0 amide bonds. The molecule has 0 fully saturated rings. The zero-order valence-corrected chi connectivity index (χ0v) is 13.7. The van der Waals surface area contributed by atoms with Crippen molar-refractivity contribution in [3.05, 3.63) is 88.1 Å². The van der Waals surface area contributed by atoms with E-state index in [2.05, 4.69) is 4.98 Å². The topological polar surface area (TPSA) is 39.3 Å². The summed E-state index contributed by atoms with van der Waals surface area (Å²) in [5.41, 5.74) is 3.93. The third-order valence-electron chi connectivity index (χ3n) is 4.04. The lowest BCUT2D eigenvalue weighted by molar-refractivity contribution is 0.950. The molecule has 0 atom stereocenters. The van der Waals surface area contributed by atoms with E-state index in [0.717, 1.165) is 22.5 Å². The van der Waals surface area contributed by atoms with Crippen molar-refractivity contribution >= 4 is 17.2 Å². The van der Waals surface area contributed by atoms with Crippen molar-refractivity contribution in [1.29, 1.82) is 0 Å². The number of aromatic nitrogens is 3. The Balaban J connectivity index is 1.90. The minimum atomic E-state index is -0.167. The highest BCUT2D eigenvalue weighted by molar-refractivity contribution is 6.30. The lowest BCUT2D eigenvalue weighted by atomic mass is 10.1. The fourth-order valence-corrected chi connectivity index (χ4v) is 2.90. The zero-order chi connectivity index (χ0) is 16.7. The Labute approximate surface area is 143 Å². The minimum Gasteiger partial charge on any atom is -0.300 e. The van der Waals surface area contributed by atoms with Gasteiger partial charge in [0, 0.05) is 34.9 Å². The molecule has 2 heterocycles. The Hall–Kier alpha value is -2.85. The Morgan fingerprint density at radius 2 is 1.75 bits per heavy atom. The first-order valence-corrected chi connectivity index (χ1v) is 7.93. The number of halogens is 1. The van der Waals surface area contributed by atoms with Crippen molar-refractivity contribution in [2.75, 3.05) is 0 Å². The fourth-order valence-electron chi connectivity index (χ4n) is 2.77. The summed E-state index contributed by atoms with van der Waals surface area (Å²) in [6, 6.07) is 15.1. The van der Waals surface area contributed by atoms with Gasteiger partial charge < -0.3 is 4.40 Å². The van der Waals surface area contributed by atoms with Crippen LogP contribution < -0.4 is 5.56 Å². The summed E-state index contributed by atoms with van der Waals surface area (Å²) in [4.78, 5) is 17.3. The lowest BCUT2D eigenvalue weighted by Crippen LogP contribution is -2.19. The van der Waals surface area contributed by atoms with Gasteiger partial charge in [-0.25, -0.2) is 4.98 Å². The van der Waals surface area contributed by atoms with E-state index in [0.29, 0.717) is 10.7 Å². The summed E-state index contributed by atoms with van der Waals surface area (Å²) in [6.07, 6.45) is 5.45. The highest BCUT2D eigenvalue weighted by atomic mass is 35.5. The smallest absolute Gasteiger partial charge is 0.298 e. The van der Waals surface area contributed by atoms with Crippen LogP contribution in [0.2, 0.25) is 5.02 Å². The van der Waals surface area contributed by atoms with Crippen LogP contribution in [0.5, 0.6) is 0 Å². The van der Waals surface area contributed by atoms with Gasteiger partial charge in [0.05, 0.1) is 5.69 Å². The van der Waals surface area contributed by atoms with Gasteiger partial charge in [0.25, 0.3) is 5.56 Å². The Morgan fingerprint density at radius 1 is 1.00 bits per heavy atom. The van der Waals surface area contributed by atoms with Gasteiger partial charge in [0.2, 0.25) is 5.65 Å². The second-order valence-corrected chi connectivity index (χ2v) is 6.06. The summed E-state index contributed by atoms with van der Waals surface area (Å²) in [7, 11) is 0. The number of aryl methyl sites for hydroxylation is 1. The first-order valence-electron chi connectivity index (χ1n) is 7.56. The number of imidazole rings is 1. The van der Waals surface area contributed by atoms with Crippen LogP contribution in [0.3, 0.4) is 0 Å². The molecule has 0 saturated carbocycles. The molecule has 4 rings (SSSR count). The standard InChI is InChI=1S/C19H14ClN3O/c1-13-4-2-3-5-16(13)17-12-22-10-11-23(19(24)18(22)21-17)15-8-6-14(20)7-9-15/h2-12H,1H3. The van der Waals surface area contributed by atoms with Crippen molar-refractivity contribution in [3.8, 4) is 16.9 Å². The van der Waals surface area contributed by atoms with E-state index in [1.54, 1.807) is 27.3 Å². The molecule has 0 aliphatic carbocycles. The van der Waals surface area contributed by atoms with Gasteiger partial charge in [-0.2, -0.15) is 0 Å². The van der Waals surface area contributed by atoms with Gasteiger partial charge in [0.1, 0.15) is 0 Å². The molecular formula is C19H14ClN3O. The predicted octanol–water partition coefficient (Wildman–Crippen LogP) is 4.11. The largest absolute Gasteiger partial charge is 0.300 e. The summed E-state index contributed by atoms with van der Waals surface area (Å²) in [5.74, 6) is 0. The average Bonchev–Trinajstić information content (AvgIpc) is 3.02. The van der Waals surface area contributed by atoms with Crippen molar-refractivity contribution in [3.63, 3.8) is 0 Å². The molecule has 4 nitrogen and oxygen atoms in total. The number of benzene rings is 2. The second kappa shape index (κ2) is 5.65. The van der Waals surface area contributed by atoms with Crippen LogP contribution >= 0.6 is 11.6 Å².